The Morgan fingerprint density at radius 1 is 1.17 bits per heavy atom. The van der Waals surface area contributed by atoms with Gasteiger partial charge in [-0.25, -0.2) is 23.1 Å². The van der Waals surface area contributed by atoms with Crippen LogP contribution in [0.1, 0.15) is 12.7 Å². The van der Waals surface area contributed by atoms with Crippen molar-refractivity contribution in [2.75, 3.05) is 30.3 Å². The highest BCUT2D eigenvalue weighted by molar-refractivity contribution is 7.91. The number of thiophene rings is 1. The van der Waals surface area contributed by atoms with Gasteiger partial charge in [-0.3, -0.25) is 0 Å². The predicted octanol–water partition coefficient (Wildman–Crippen LogP) is 2.32. The molecule has 0 bridgehead atoms. The van der Waals surface area contributed by atoms with Gasteiger partial charge in [-0.05, 0) is 26.0 Å². The van der Waals surface area contributed by atoms with Gasteiger partial charge in [0.15, 0.2) is 0 Å². The van der Waals surface area contributed by atoms with E-state index in [-0.39, 0.29) is 10.8 Å². The molecule has 7 nitrogen and oxygen atoms in total. The maximum atomic E-state index is 12.0. The Hall–Kier alpha value is -1.42. The van der Waals surface area contributed by atoms with Gasteiger partial charge in [0.25, 0.3) is 0 Å². The average Bonchev–Trinajstić information content (AvgIpc) is 2.91. The van der Waals surface area contributed by atoms with Crippen molar-refractivity contribution < 1.29 is 8.42 Å². The first-order valence-electron chi connectivity index (χ1n) is 6.99. The molecule has 0 aromatic carbocycles. The summed E-state index contributed by atoms with van der Waals surface area (Å²) < 4.78 is 27.2. The minimum atomic E-state index is -3.52. The highest BCUT2D eigenvalue weighted by atomic mass is 35.5. The maximum Gasteiger partial charge on any atom is 0.250 e. The number of anilines is 2. The van der Waals surface area contributed by atoms with E-state index in [0.29, 0.717) is 22.5 Å². The van der Waals surface area contributed by atoms with E-state index in [1.165, 1.54) is 6.07 Å². The Morgan fingerprint density at radius 2 is 1.87 bits per heavy atom. The van der Waals surface area contributed by atoms with E-state index in [2.05, 4.69) is 25.3 Å². The average molecular weight is 376 g/mol. The summed E-state index contributed by atoms with van der Waals surface area (Å²) >= 11 is 6.78. The number of aryl methyl sites for hydroxylation is 1. The van der Waals surface area contributed by atoms with E-state index in [1.807, 2.05) is 6.92 Å². The summed E-state index contributed by atoms with van der Waals surface area (Å²) in [6.07, 6.45) is 0. The summed E-state index contributed by atoms with van der Waals surface area (Å²) in [5.41, 5.74) is 0. The lowest BCUT2D eigenvalue weighted by Gasteiger charge is -2.09. The fourth-order valence-corrected chi connectivity index (χ4v) is 4.38. The smallest absolute Gasteiger partial charge is 0.250 e. The molecular formula is C13H18ClN5O2S2. The lowest BCUT2D eigenvalue weighted by Crippen LogP contribution is -2.28. The molecule has 0 aliphatic carbocycles. The molecule has 0 aliphatic heterocycles. The van der Waals surface area contributed by atoms with Crippen LogP contribution in [0.15, 0.2) is 22.4 Å². The molecule has 0 amide bonds. The predicted molar refractivity (Wildman–Crippen MR) is 93.9 cm³/mol. The third-order valence-corrected chi connectivity index (χ3v) is 5.92. The molecule has 0 atom stereocenters. The monoisotopic (exact) mass is 375 g/mol. The molecule has 2 heterocycles. The van der Waals surface area contributed by atoms with E-state index >= 15 is 0 Å². The van der Waals surface area contributed by atoms with Crippen LogP contribution < -0.4 is 15.4 Å². The van der Waals surface area contributed by atoms with Gasteiger partial charge in [0, 0.05) is 25.7 Å². The summed E-state index contributed by atoms with van der Waals surface area (Å²) in [7, 11) is -3.52. The van der Waals surface area contributed by atoms with Crippen LogP contribution in [0.25, 0.3) is 0 Å². The molecule has 0 spiro atoms. The maximum absolute atomic E-state index is 12.0. The molecule has 0 radical (unpaired) electrons. The van der Waals surface area contributed by atoms with Crippen molar-refractivity contribution >= 4 is 44.6 Å². The molecule has 3 N–H and O–H groups in total. The minimum absolute atomic E-state index is 0.204. The lowest BCUT2D eigenvalue weighted by molar-refractivity contribution is 0.585. The molecule has 23 heavy (non-hydrogen) atoms. The number of aromatic nitrogens is 2. The Balaban J connectivity index is 1.88. The third kappa shape index (κ3) is 5.31. The summed E-state index contributed by atoms with van der Waals surface area (Å²) in [5, 5.41) is 6.19. The van der Waals surface area contributed by atoms with Crippen LogP contribution in [0, 0.1) is 6.92 Å². The Kier molecular flexibility index (Phi) is 6.17. The van der Waals surface area contributed by atoms with Gasteiger partial charge < -0.3 is 10.6 Å². The lowest BCUT2D eigenvalue weighted by atomic mass is 10.4. The summed E-state index contributed by atoms with van der Waals surface area (Å²) in [4.78, 5) is 8.50. The highest BCUT2D eigenvalue weighted by Crippen LogP contribution is 2.25. The van der Waals surface area contributed by atoms with Crippen LogP contribution in [-0.4, -0.2) is 38.0 Å². The zero-order chi connectivity index (χ0) is 16.9. The normalized spacial score (nSPS) is 11.4. The van der Waals surface area contributed by atoms with Gasteiger partial charge in [-0.15, -0.1) is 11.3 Å². The van der Waals surface area contributed by atoms with E-state index in [0.717, 1.165) is 23.7 Å². The topological polar surface area (TPSA) is 96.0 Å². The van der Waals surface area contributed by atoms with Gasteiger partial charge in [0.05, 0.1) is 4.34 Å². The number of halogens is 1. The Morgan fingerprint density at radius 3 is 2.48 bits per heavy atom. The van der Waals surface area contributed by atoms with Crippen molar-refractivity contribution in [3.05, 3.63) is 28.4 Å². The Labute approximate surface area is 144 Å². The van der Waals surface area contributed by atoms with Gasteiger partial charge in [0.1, 0.15) is 21.7 Å². The van der Waals surface area contributed by atoms with E-state index in [4.69, 9.17) is 11.6 Å². The quantitative estimate of drug-likeness (QED) is 0.613. The van der Waals surface area contributed by atoms with Crippen LogP contribution in [0.4, 0.5) is 11.6 Å². The number of nitrogens with zero attached hydrogens (tertiary/aromatic N) is 2. The van der Waals surface area contributed by atoms with Gasteiger partial charge in [-0.1, -0.05) is 11.6 Å². The fraction of sp³-hybridized carbons (Fsp3) is 0.385. The van der Waals surface area contributed by atoms with Crippen molar-refractivity contribution in [1.82, 2.24) is 14.7 Å². The molecule has 2 aromatic heterocycles. The molecule has 0 fully saturated rings. The summed E-state index contributed by atoms with van der Waals surface area (Å²) in [5.74, 6) is 2.02. The first kappa shape index (κ1) is 17.9. The number of sulfonamides is 1. The second-order valence-electron chi connectivity index (χ2n) is 4.60. The Bertz CT molecular complexity index is 763. The van der Waals surface area contributed by atoms with Crippen molar-refractivity contribution in [3.8, 4) is 0 Å². The zero-order valence-corrected chi connectivity index (χ0v) is 15.1. The number of hydrogen-bond acceptors (Lipinski definition) is 7. The minimum Gasteiger partial charge on any atom is -0.370 e. The van der Waals surface area contributed by atoms with E-state index in [1.54, 1.807) is 19.1 Å². The van der Waals surface area contributed by atoms with Crippen LogP contribution in [-0.2, 0) is 10.0 Å². The van der Waals surface area contributed by atoms with Crippen molar-refractivity contribution in [2.24, 2.45) is 0 Å². The first-order valence-corrected chi connectivity index (χ1v) is 9.67. The zero-order valence-electron chi connectivity index (χ0n) is 12.8. The molecule has 10 heteroatoms. The van der Waals surface area contributed by atoms with Crippen molar-refractivity contribution in [1.29, 1.82) is 0 Å². The van der Waals surface area contributed by atoms with Crippen molar-refractivity contribution in [2.45, 2.75) is 18.1 Å². The molecule has 2 rings (SSSR count). The molecule has 0 saturated heterocycles. The van der Waals surface area contributed by atoms with Crippen LogP contribution in [0.2, 0.25) is 4.34 Å². The fourth-order valence-electron chi connectivity index (χ4n) is 1.82. The van der Waals surface area contributed by atoms with E-state index < -0.39 is 10.0 Å². The molecule has 126 valence electrons. The van der Waals surface area contributed by atoms with Gasteiger partial charge >= 0.3 is 0 Å². The van der Waals surface area contributed by atoms with Crippen LogP contribution in [0.3, 0.4) is 0 Å². The first-order chi connectivity index (χ1) is 10.9. The molecular weight excluding hydrogens is 358 g/mol. The summed E-state index contributed by atoms with van der Waals surface area (Å²) in [6, 6.07) is 4.83. The molecule has 0 unspecified atom stereocenters. The van der Waals surface area contributed by atoms with Crippen LogP contribution >= 0.6 is 22.9 Å². The molecule has 0 aliphatic rings. The van der Waals surface area contributed by atoms with E-state index in [9.17, 15) is 8.42 Å². The standard InChI is InChI=1S/C13H18ClN5O2S2/c1-3-15-11-8-12(19-9(2)18-11)16-6-7-17-23(20,21)13-5-4-10(14)22-13/h4-5,8,17H,3,6-7H2,1-2H3,(H2,15,16,18,19). The second-order valence-corrected chi connectivity index (χ2v) is 8.31. The molecule has 2 aromatic rings. The van der Waals surface area contributed by atoms with Crippen molar-refractivity contribution in [3.63, 3.8) is 0 Å². The van der Waals surface area contributed by atoms with Gasteiger partial charge in [0.2, 0.25) is 10.0 Å². The number of hydrogen-bond donors (Lipinski definition) is 3. The largest absolute Gasteiger partial charge is 0.370 e. The SMILES string of the molecule is CCNc1cc(NCCNS(=O)(=O)c2ccc(Cl)s2)nc(C)n1. The second kappa shape index (κ2) is 7.91. The number of nitrogens with one attached hydrogen (secondary N) is 3. The third-order valence-electron chi connectivity index (χ3n) is 2.73. The number of rotatable bonds is 8. The van der Waals surface area contributed by atoms with Crippen LogP contribution in [0.5, 0.6) is 0 Å². The van der Waals surface area contributed by atoms with Gasteiger partial charge in [-0.2, -0.15) is 0 Å². The molecule has 0 saturated carbocycles. The summed E-state index contributed by atoms with van der Waals surface area (Å²) in [6.45, 7) is 5.18. The highest BCUT2D eigenvalue weighted by Gasteiger charge is 2.15.